The van der Waals surface area contributed by atoms with Crippen LogP contribution in [0.1, 0.15) is 49.1 Å². The van der Waals surface area contributed by atoms with Crippen LogP contribution in [-0.2, 0) is 24.1 Å². The summed E-state index contributed by atoms with van der Waals surface area (Å²) in [6, 6.07) is 14.8. The Morgan fingerprint density at radius 2 is 1.90 bits per heavy atom. The lowest BCUT2D eigenvalue weighted by Crippen LogP contribution is -2.45. The van der Waals surface area contributed by atoms with E-state index in [1.165, 1.54) is 4.88 Å². The minimum atomic E-state index is -0.211. The summed E-state index contributed by atoms with van der Waals surface area (Å²) in [4.78, 5) is 34.2. The SMILES string of the molecule is Cc1nnnn1-c1ccc(C(=O)NCc2cccc(C(=O)Nc3nc4c(s3)CC(N3CCOCC3)CC4)c2)cc1. The van der Waals surface area contributed by atoms with Crippen LogP contribution in [0.2, 0.25) is 0 Å². The van der Waals surface area contributed by atoms with Crippen LogP contribution < -0.4 is 10.6 Å². The quantitative estimate of drug-likeness (QED) is 0.355. The Kier molecular flexibility index (Phi) is 7.62. The van der Waals surface area contributed by atoms with Crippen LogP contribution in [0.4, 0.5) is 5.13 Å². The summed E-state index contributed by atoms with van der Waals surface area (Å²) < 4.78 is 7.10. The summed E-state index contributed by atoms with van der Waals surface area (Å²) >= 11 is 1.57. The van der Waals surface area contributed by atoms with Crippen molar-refractivity contribution in [2.24, 2.45) is 0 Å². The minimum Gasteiger partial charge on any atom is -0.379 e. The molecule has 1 unspecified atom stereocenters. The molecule has 206 valence electrons. The third-order valence-corrected chi connectivity index (χ3v) is 8.37. The summed E-state index contributed by atoms with van der Waals surface area (Å²) in [7, 11) is 0. The molecule has 1 fully saturated rings. The Labute approximate surface area is 235 Å². The van der Waals surface area contributed by atoms with Crippen LogP contribution in [0.5, 0.6) is 0 Å². The van der Waals surface area contributed by atoms with Crippen molar-refractivity contribution in [3.63, 3.8) is 0 Å². The molecule has 4 aromatic rings. The van der Waals surface area contributed by atoms with E-state index in [1.54, 1.807) is 59.3 Å². The number of ether oxygens (including phenoxy) is 1. The summed E-state index contributed by atoms with van der Waals surface area (Å²) in [6.45, 7) is 5.65. The number of hydrogen-bond donors (Lipinski definition) is 2. The predicted octanol–water partition coefficient (Wildman–Crippen LogP) is 2.80. The third kappa shape index (κ3) is 5.79. The van der Waals surface area contributed by atoms with Gasteiger partial charge in [0.1, 0.15) is 0 Å². The van der Waals surface area contributed by atoms with Gasteiger partial charge in [0.2, 0.25) is 0 Å². The van der Waals surface area contributed by atoms with Gasteiger partial charge in [-0.05, 0) is 78.6 Å². The standard InChI is InChI=1S/C28H30N8O3S/c1-18-32-33-34-36(18)22-7-5-20(6-8-22)26(37)29-17-19-3-2-4-21(15-19)27(38)31-28-30-24-10-9-23(16-25(24)40-28)35-11-13-39-14-12-35/h2-8,15,23H,9-14,16-17H2,1H3,(H,29,37)(H,30,31,38). The molecule has 40 heavy (non-hydrogen) atoms. The Hall–Kier alpha value is -4.00. The number of nitrogens with one attached hydrogen (secondary N) is 2. The predicted molar refractivity (Wildman–Crippen MR) is 150 cm³/mol. The average Bonchev–Trinajstić information content (AvgIpc) is 3.61. The van der Waals surface area contributed by atoms with Gasteiger partial charge in [0.05, 0.1) is 24.6 Å². The first-order valence-electron chi connectivity index (χ1n) is 13.4. The van der Waals surface area contributed by atoms with Crippen molar-refractivity contribution in [1.29, 1.82) is 0 Å². The normalized spacial score (nSPS) is 17.3. The average molecular weight is 559 g/mol. The number of aryl methyl sites for hydroxylation is 2. The molecule has 1 aliphatic heterocycles. The fourth-order valence-corrected chi connectivity index (χ4v) is 6.24. The van der Waals surface area contributed by atoms with E-state index >= 15 is 0 Å². The number of aromatic nitrogens is 5. The fraction of sp³-hybridized carbons (Fsp3) is 0.357. The van der Waals surface area contributed by atoms with Gasteiger partial charge in [0.15, 0.2) is 11.0 Å². The Morgan fingerprint density at radius 1 is 1.07 bits per heavy atom. The number of nitrogens with zero attached hydrogens (tertiary/aromatic N) is 6. The van der Waals surface area contributed by atoms with Crippen molar-refractivity contribution in [2.45, 2.75) is 38.8 Å². The first-order valence-corrected chi connectivity index (χ1v) is 14.2. The van der Waals surface area contributed by atoms with Crippen molar-refractivity contribution in [3.05, 3.63) is 81.6 Å². The van der Waals surface area contributed by atoms with Crippen molar-refractivity contribution >= 4 is 28.3 Å². The monoisotopic (exact) mass is 558 g/mol. The maximum atomic E-state index is 13.0. The lowest BCUT2D eigenvalue weighted by Gasteiger charge is -2.36. The molecule has 1 atom stereocenters. The van der Waals surface area contributed by atoms with Gasteiger partial charge in [0.25, 0.3) is 11.8 Å². The zero-order valence-electron chi connectivity index (χ0n) is 22.2. The molecule has 6 rings (SSSR count). The first kappa shape index (κ1) is 26.2. The van der Waals surface area contributed by atoms with Crippen LogP contribution in [0.3, 0.4) is 0 Å². The Bertz CT molecular complexity index is 1510. The lowest BCUT2D eigenvalue weighted by molar-refractivity contribution is 0.0139. The molecule has 2 aromatic carbocycles. The Balaban J connectivity index is 1.04. The van der Waals surface area contributed by atoms with Gasteiger partial charge in [-0.25, -0.2) is 4.98 Å². The van der Waals surface area contributed by atoms with Crippen molar-refractivity contribution in [3.8, 4) is 5.69 Å². The van der Waals surface area contributed by atoms with Crippen LogP contribution in [0.25, 0.3) is 5.69 Å². The molecule has 3 heterocycles. The number of thiazole rings is 1. The van der Waals surface area contributed by atoms with Gasteiger partial charge in [-0.2, -0.15) is 4.68 Å². The van der Waals surface area contributed by atoms with Gasteiger partial charge >= 0.3 is 0 Å². The fourth-order valence-electron chi connectivity index (χ4n) is 5.17. The molecule has 1 aliphatic carbocycles. The van der Waals surface area contributed by atoms with Crippen LogP contribution >= 0.6 is 11.3 Å². The maximum Gasteiger partial charge on any atom is 0.257 e. The highest BCUT2D eigenvalue weighted by atomic mass is 32.1. The molecule has 0 radical (unpaired) electrons. The van der Waals surface area contributed by atoms with E-state index in [2.05, 4.69) is 31.1 Å². The molecule has 11 nitrogen and oxygen atoms in total. The van der Waals surface area contributed by atoms with Gasteiger partial charge in [0, 0.05) is 41.7 Å². The molecule has 1 saturated heterocycles. The number of benzene rings is 2. The molecule has 2 N–H and O–H groups in total. The second-order valence-corrected chi connectivity index (χ2v) is 11.0. The molecule has 2 amide bonds. The highest BCUT2D eigenvalue weighted by molar-refractivity contribution is 7.15. The van der Waals surface area contributed by atoms with Crippen molar-refractivity contribution in [1.82, 2.24) is 35.4 Å². The number of amides is 2. The molecular formula is C28H30N8O3S. The number of hydrogen-bond acceptors (Lipinski definition) is 9. The van der Waals surface area contributed by atoms with Gasteiger partial charge in [-0.15, -0.1) is 16.4 Å². The van der Waals surface area contributed by atoms with Gasteiger partial charge < -0.3 is 10.1 Å². The van der Waals surface area contributed by atoms with E-state index in [0.717, 1.165) is 62.5 Å². The Morgan fingerprint density at radius 3 is 2.67 bits per heavy atom. The van der Waals surface area contributed by atoms with Gasteiger partial charge in [-0.1, -0.05) is 12.1 Å². The molecule has 12 heteroatoms. The molecule has 0 saturated carbocycles. The van der Waals surface area contributed by atoms with Crippen molar-refractivity contribution < 1.29 is 14.3 Å². The molecular weight excluding hydrogens is 528 g/mol. The zero-order chi connectivity index (χ0) is 27.5. The lowest BCUT2D eigenvalue weighted by atomic mass is 9.96. The highest BCUT2D eigenvalue weighted by Crippen LogP contribution is 2.32. The molecule has 2 aliphatic rings. The van der Waals surface area contributed by atoms with Gasteiger partial charge in [-0.3, -0.25) is 19.8 Å². The minimum absolute atomic E-state index is 0.210. The number of tetrazole rings is 1. The summed E-state index contributed by atoms with van der Waals surface area (Å²) in [5.74, 6) is 0.240. The molecule has 0 spiro atoms. The summed E-state index contributed by atoms with van der Waals surface area (Å²) in [6.07, 6.45) is 2.98. The molecule has 0 bridgehead atoms. The number of morpholine rings is 1. The topological polar surface area (TPSA) is 127 Å². The number of carbonyl (C=O) groups excluding carboxylic acids is 2. The smallest absolute Gasteiger partial charge is 0.257 e. The van der Waals surface area contributed by atoms with E-state index in [0.29, 0.717) is 34.7 Å². The van der Waals surface area contributed by atoms with E-state index in [-0.39, 0.29) is 11.8 Å². The number of carbonyl (C=O) groups is 2. The highest BCUT2D eigenvalue weighted by Gasteiger charge is 2.28. The number of fused-ring (bicyclic) bond motifs is 1. The summed E-state index contributed by atoms with van der Waals surface area (Å²) in [5, 5.41) is 18.0. The largest absolute Gasteiger partial charge is 0.379 e. The van der Waals surface area contributed by atoms with E-state index in [1.807, 2.05) is 12.1 Å². The summed E-state index contributed by atoms with van der Waals surface area (Å²) in [5.41, 5.74) is 3.74. The van der Waals surface area contributed by atoms with E-state index < -0.39 is 0 Å². The van der Waals surface area contributed by atoms with Crippen LogP contribution in [0.15, 0.2) is 48.5 Å². The third-order valence-electron chi connectivity index (χ3n) is 7.34. The van der Waals surface area contributed by atoms with Crippen molar-refractivity contribution in [2.75, 3.05) is 31.6 Å². The van der Waals surface area contributed by atoms with E-state index in [9.17, 15) is 9.59 Å². The number of anilines is 1. The second kappa shape index (κ2) is 11.6. The zero-order valence-corrected chi connectivity index (χ0v) is 23.0. The van der Waals surface area contributed by atoms with Crippen LogP contribution in [0, 0.1) is 6.92 Å². The maximum absolute atomic E-state index is 13.0. The second-order valence-electron chi connectivity index (χ2n) is 9.96. The molecule has 2 aromatic heterocycles. The number of rotatable bonds is 7. The first-order chi connectivity index (χ1) is 19.5. The van der Waals surface area contributed by atoms with E-state index in [4.69, 9.17) is 9.72 Å². The van der Waals surface area contributed by atoms with Crippen LogP contribution in [-0.4, -0.2) is 74.3 Å².